The molecule has 0 unspecified atom stereocenters. The molecule has 0 saturated carbocycles. The summed E-state index contributed by atoms with van der Waals surface area (Å²) in [5.74, 6) is 0. The molecule has 1 heteroatoms. The van der Waals surface area contributed by atoms with Gasteiger partial charge in [0.1, 0.15) is 0 Å². The van der Waals surface area contributed by atoms with Crippen LogP contribution in [0.25, 0.3) is 0 Å². The molecule has 0 aromatic heterocycles. The molecule has 0 spiro atoms. The Morgan fingerprint density at radius 2 is 1.33 bits per heavy atom. The molecular weight excluding hydrogens is 247 g/mol. The fourth-order valence-electron chi connectivity index (χ4n) is 1.50. The fraction of sp³-hybridized carbons (Fsp3) is 0.143. The van der Waals surface area contributed by atoms with Gasteiger partial charge < -0.3 is 0 Å². The quantitative estimate of drug-likeness (QED) is 0.745. The van der Waals surface area contributed by atoms with Gasteiger partial charge in [0.15, 0.2) is 0 Å². The first-order valence-corrected chi connectivity index (χ1v) is 6.97. The summed E-state index contributed by atoms with van der Waals surface area (Å²) in [6.45, 7) is 2.31. The van der Waals surface area contributed by atoms with Crippen molar-refractivity contribution in [3.8, 4) is 0 Å². The van der Waals surface area contributed by atoms with Crippen molar-refractivity contribution in [2.75, 3.05) is 0 Å². The van der Waals surface area contributed by atoms with E-state index in [4.69, 9.17) is 0 Å². The second-order valence-corrected chi connectivity index (χ2v) is 6.45. The van der Waals surface area contributed by atoms with Crippen molar-refractivity contribution < 1.29 is 0 Å². The molecule has 0 aliphatic heterocycles. The Labute approximate surface area is 97.5 Å². The molecule has 0 fully saturated rings. The predicted molar refractivity (Wildman–Crippen MR) is 66.7 cm³/mol. The van der Waals surface area contributed by atoms with Crippen molar-refractivity contribution in [2.24, 2.45) is 0 Å². The maximum atomic E-state index is 2.31. The first-order chi connectivity index (χ1) is 7.36. The Bertz CT molecular complexity index is 394. The molecule has 1 atom stereocenters. The molecule has 0 amide bonds. The normalized spacial score (nSPS) is 12.3. The van der Waals surface area contributed by atoms with E-state index in [1.54, 1.807) is 0 Å². The van der Waals surface area contributed by atoms with Crippen LogP contribution in [0.3, 0.4) is 0 Å². The molecule has 0 N–H and O–H groups in total. The zero-order valence-electron chi connectivity index (χ0n) is 8.76. The third-order valence-corrected chi connectivity index (χ3v) is 4.78. The first kappa shape index (κ1) is 10.5. The zero-order chi connectivity index (χ0) is 10.5. The van der Waals surface area contributed by atoms with E-state index < -0.39 is 0 Å². The number of hydrogen-bond acceptors (Lipinski definition) is 0. The van der Waals surface area contributed by atoms with Gasteiger partial charge in [0.2, 0.25) is 0 Å². The average Bonchev–Trinajstić information content (AvgIpc) is 2.31. The van der Waals surface area contributed by atoms with Crippen LogP contribution in [0.4, 0.5) is 0 Å². The van der Waals surface area contributed by atoms with Crippen molar-refractivity contribution in [3.05, 3.63) is 66.2 Å². The summed E-state index contributed by atoms with van der Waals surface area (Å²) in [7, 11) is 0. The van der Waals surface area contributed by atoms with E-state index in [9.17, 15) is 0 Å². The molecule has 0 aliphatic carbocycles. The molecule has 0 saturated heterocycles. The standard InChI is InChI=1S/C14H14Se/c1-12(13-8-4-2-5-9-13)15-14-10-6-3-7-11-14/h2-12H,1H3/t12-/m1/s1. The molecule has 0 aliphatic rings. The van der Waals surface area contributed by atoms with Crippen molar-refractivity contribution in [2.45, 2.75) is 11.7 Å². The fourth-order valence-corrected chi connectivity index (χ4v) is 3.63. The number of benzene rings is 2. The summed E-state index contributed by atoms with van der Waals surface area (Å²) in [4.78, 5) is 0.654. The van der Waals surface area contributed by atoms with Crippen LogP contribution in [0.2, 0.25) is 0 Å². The minimum absolute atomic E-state index is 0.530. The van der Waals surface area contributed by atoms with Gasteiger partial charge in [-0.2, -0.15) is 0 Å². The number of rotatable bonds is 3. The zero-order valence-corrected chi connectivity index (χ0v) is 10.5. The van der Waals surface area contributed by atoms with Gasteiger partial charge in [0, 0.05) is 0 Å². The van der Waals surface area contributed by atoms with E-state index in [1.165, 1.54) is 10.0 Å². The van der Waals surface area contributed by atoms with E-state index in [2.05, 4.69) is 67.6 Å². The van der Waals surface area contributed by atoms with E-state index in [-0.39, 0.29) is 0 Å². The summed E-state index contributed by atoms with van der Waals surface area (Å²) < 4.78 is 1.47. The van der Waals surface area contributed by atoms with Crippen LogP contribution >= 0.6 is 0 Å². The van der Waals surface area contributed by atoms with Crippen LogP contribution in [0, 0.1) is 0 Å². The summed E-state index contributed by atoms with van der Waals surface area (Å²) in [6.07, 6.45) is 0. The van der Waals surface area contributed by atoms with E-state index in [1.807, 2.05) is 0 Å². The van der Waals surface area contributed by atoms with Gasteiger partial charge in [0.05, 0.1) is 0 Å². The van der Waals surface area contributed by atoms with E-state index >= 15 is 0 Å². The van der Waals surface area contributed by atoms with E-state index in [0.29, 0.717) is 19.8 Å². The Morgan fingerprint density at radius 1 is 0.800 bits per heavy atom. The third kappa shape index (κ3) is 2.95. The molecule has 76 valence electrons. The topological polar surface area (TPSA) is 0 Å². The van der Waals surface area contributed by atoms with E-state index in [0.717, 1.165) is 0 Å². The van der Waals surface area contributed by atoms with Gasteiger partial charge in [-0.05, 0) is 0 Å². The summed E-state index contributed by atoms with van der Waals surface area (Å²) in [6, 6.07) is 21.5. The van der Waals surface area contributed by atoms with Crippen LogP contribution in [0.15, 0.2) is 60.7 Å². The molecule has 15 heavy (non-hydrogen) atoms. The van der Waals surface area contributed by atoms with Gasteiger partial charge in [-0.25, -0.2) is 0 Å². The van der Waals surface area contributed by atoms with Crippen LogP contribution in [0.1, 0.15) is 17.3 Å². The van der Waals surface area contributed by atoms with Gasteiger partial charge in [0.25, 0.3) is 0 Å². The van der Waals surface area contributed by atoms with Crippen LogP contribution in [0.5, 0.6) is 0 Å². The Morgan fingerprint density at radius 3 is 1.93 bits per heavy atom. The molecule has 2 aromatic rings. The summed E-state index contributed by atoms with van der Waals surface area (Å²) >= 11 is 0.530. The van der Waals surface area contributed by atoms with Crippen LogP contribution < -0.4 is 4.46 Å². The van der Waals surface area contributed by atoms with Crippen LogP contribution in [-0.4, -0.2) is 15.0 Å². The van der Waals surface area contributed by atoms with Gasteiger partial charge in [-0.15, -0.1) is 0 Å². The molecule has 0 radical (unpaired) electrons. The molecule has 0 heterocycles. The second kappa shape index (κ2) is 5.16. The van der Waals surface area contributed by atoms with Crippen molar-refractivity contribution >= 4 is 19.4 Å². The van der Waals surface area contributed by atoms with Crippen molar-refractivity contribution in [1.82, 2.24) is 0 Å². The van der Waals surface area contributed by atoms with Crippen molar-refractivity contribution in [1.29, 1.82) is 0 Å². The van der Waals surface area contributed by atoms with Gasteiger partial charge >= 0.3 is 97.4 Å². The Hall–Kier alpha value is -1.04. The molecular formula is C14H14Se. The minimum atomic E-state index is 0.530. The van der Waals surface area contributed by atoms with Crippen molar-refractivity contribution in [3.63, 3.8) is 0 Å². The van der Waals surface area contributed by atoms with Gasteiger partial charge in [-0.1, -0.05) is 0 Å². The predicted octanol–water partition coefficient (Wildman–Crippen LogP) is 2.78. The second-order valence-electron chi connectivity index (χ2n) is 3.48. The molecule has 2 aromatic carbocycles. The molecule has 0 nitrogen and oxygen atoms in total. The number of hydrogen-bond donors (Lipinski definition) is 0. The van der Waals surface area contributed by atoms with Crippen LogP contribution in [-0.2, 0) is 0 Å². The maximum absolute atomic E-state index is 2.31. The monoisotopic (exact) mass is 262 g/mol. The Balaban J connectivity index is 2.08. The molecule has 2 rings (SSSR count). The average molecular weight is 261 g/mol. The van der Waals surface area contributed by atoms with Gasteiger partial charge in [-0.3, -0.25) is 0 Å². The summed E-state index contributed by atoms with van der Waals surface area (Å²) in [5.41, 5.74) is 1.45. The first-order valence-electron chi connectivity index (χ1n) is 5.13. The third-order valence-electron chi connectivity index (χ3n) is 2.33. The SMILES string of the molecule is C[C@@H]([Se]c1ccccc1)c1ccccc1. The molecule has 0 bridgehead atoms. The Kier molecular flexibility index (Phi) is 3.60. The summed E-state index contributed by atoms with van der Waals surface area (Å²) in [5, 5.41) is 0.